The highest BCUT2D eigenvalue weighted by atomic mass is 32.2. The molecule has 3 nitrogen and oxygen atoms in total. The van der Waals surface area contributed by atoms with Crippen LogP contribution in [0.4, 0.5) is 5.69 Å². The molecule has 17 heavy (non-hydrogen) atoms. The first kappa shape index (κ1) is 12.0. The summed E-state index contributed by atoms with van der Waals surface area (Å²) in [7, 11) is 1.41. The van der Waals surface area contributed by atoms with Gasteiger partial charge >= 0.3 is 5.97 Å². The maximum absolute atomic E-state index is 11.2. The van der Waals surface area contributed by atoms with Crippen molar-refractivity contribution in [2.45, 2.75) is 18.1 Å². The smallest absolute Gasteiger partial charge is 0.310 e. The lowest BCUT2D eigenvalue weighted by Crippen LogP contribution is -1.99. The molecule has 0 aromatic heterocycles. The molecule has 1 atom stereocenters. The van der Waals surface area contributed by atoms with Gasteiger partial charge < -0.3 is 10.5 Å². The van der Waals surface area contributed by atoms with Crippen LogP contribution in [0.25, 0.3) is 0 Å². The van der Waals surface area contributed by atoms with Crippen molar-refractivity contribution < 1.29 is 9.53 Å². The molecular weight excluding hydrogens is 234 g/mol. The Morgan fingerprint density at radius 3 is 3.12 bits per heavy atom. The van der Waals surface area contributed by atoms with Crippen molar-refractivity contribution in [3.8, 4) is 0 Å². The molecule has 0 radical (unpaired) electrons. The molecule has 2 rings (SSSR count). The van der Waals surface area contributed by atoms with Crippen LogP contribution in [0.3, 0.4) is 0 Å². The normalized spacial score (nSPS) is 18.9. The van der Waals surface area contributed by atoms with E-state index in [0.29, 0.717) is 11.7 Å². The standard InChI is InChI=1S/C13H15NO2S/c1-16-13(15)8-11-5-6-12(17-11)9-3-2-4-10(14)7-9/h2-5,7,12H,6,8,14H2,1H3. The van der Waals surface area contributed by atoms with Crippen molar-refractivity contribution in [2.24, 2.45) is 0 Å². The van der Waals surface area contributed by atoms with Gasteiger partial charge in [0.25, 0.3) is 0 Å². The van der Waals surface area contributed by atoms with Gasteiger partial charge in [-0.25, -0.2) is 0 Å². The third kappa shape index (κ3) is 3.03. The number of carbonyl (C=O) groups excluding carboxylic acids is 1. The van der Waals surface area contributed by atoms with E-state index in [1.54, 1.807) is 11.8 Å². The van der Waals surface area contributed by atoms with Gasteiger partial charge in [0.15, 0.2) is 0 Å². The lowest BCUT2D eigenvalue weighted by molar-refractivity contribution is -0.139. The Balaban J connectivity index is 1.98. The number of methoxy groups -OCH3 is 1. The van der Waals surface area contributed by atoms with E-state index in [0.717, 1.165) is 17.0 Å². The molecule has 0 fully saturated rings. The van der Waals surface area contributed by atoms with Gasteiger partial charge in [-0.1, -0.05) is 18.2 Å². The van der Waals surface area contributed by atoms with E-state index in [1.165, 1.54) is 12.7 Å². The van der Waals surface area contributed by atoms with Crippen molar-refractivity contribution in [3.63, 3.8) is 0 Å². The highest BCUT2D eigenvalue weighted by molar-refractivity contribution is 8.03. The summed E-state index contributed by atoms with van der Waals surface area (Å²) in [6.07, 6.45) is 3.43. The lowest BCUT2D eigenvalue weighted by atomic mass is 10.1. The molecule has 0 bridgehead atoms. The van der Waals surface area contributed by atoms with E-state index in [1.807, 2.05) is 18.2 Å². The largest absolute Gasteiger partial charge is 0.469 e. The zero-order valence-electron chi connectivity index (χ0n) is 9.68. The summed E-state index contributed by atoms with van der Waals surface area (Å²) >= 11 is 1.72. The van der Waals surface area contributed by atoms with Crippen LogP contribution in [-0.4, -0.2) is 13.1 Å². The molecule has 1 heterocycles. The van der Waals surface area contributed by atoms with Gasteiger partial charge in [-0.2, -0.15) is 0 Å². The summed E-state index contributed by atoms with van der Waals surface area (Å²) < 4.78 is 4.66. The van der Waals surface area contributed by atoms with Gasteiger partial charge in [-0.05, 0) is 29.0 Å². The van der Waals surface area contributed by atoms with E-state index in [2.05, 4.69) is 16.9 Å². The molecule has 1 aromatic carbocycles. The average molecular weight is 249 g/mol. The second kappa shape index (κ2) is 5.27. The molecule has 0 aliphatic carbocycles. The van der Waals surface area contributed by atoms with Gasteiger partial charge in [0, 0.05) is 10.9 Å². The number of rotatable bonds is 3. The zero-order valence-corrected chi connectivity index (χ0v) is 10.5. The minimum absolute atomic E-state index is 0.183. The summed E-state index contributed by atoms with van der Waals surface area (Å²) in [5.41, 5.74) is 7.76. The van der Waals surface area contributed by atoms with Gasteiger partial charge in [0.2, 0.25) is 0 Å². The van der Waals surface area contributed by atoms with Crippen LogP contribution in [0, 0.1) is 0 Å². The summed E-state index contributed by atoms with van der Waals surface area (Å²) in [6.45, 7) is 0. The second-order valence-electron chi connectivity index (χ2n) is 3.94. The van der Waals surface area contributed by atoms with E-state index in [9.17, 15) is 4.79 Å². The van der Waals surface area contributed by atoms with Crippen molar-refractivity contribution >= 4 is 23.4 Å². The van der Waals surface area contributed by atoms with Gasteiger partial charge in [-0.3, -0.25) is 4.79 Å². The summed E-state index contributed by atoms with van der Waals surface area (Å²) in [5.74, 6) is -0.183. The third-order valence-electron chi connectivity index (χ3n) is 2.68. The Bertz CT molecular complexity index is 456. The van der Waals surface area contributed by atoms with E-state index in [-0.39, 0.29) is 5.97 Å². The minimum atomic E-state index is -0.183. The number of anilines is 1. The number of benzene rings is 1. The fourth-order valence-electron chi connectivity index (χ4n) is 1.81. The molecule has 0 saturated carbocycles. The Morgan fingerprint density at radius 2 is 2.41 bits per heavy atom. The van der Waals surface area contributed by atoms with Crippen molar-refractivity contribution in [2.75, 3.05) is 12.8 Å². The number of esters is 1. The van der Waals surface area contributed by atoms with Crippen molar-refractivity contribution in [3.05, 3.63) is 40.8 Å². The summed E-state index contributed by atoms with van der Waals surface area (Å²) in [4.78, 5) is 12.3. The first-order valence-corrected chi connectivity index (χ1v) is 6.35. The number of hydrogen-bond acceptors (Lipinski definition) is 4. The van der Waals surface area contributed by atoms with E-state index in [4.69, 9.17) is 5.73 Å². The molecule has 1 unspecified atom stereocenters. The van der Waals surface area contributed by atoms with Gasteiger partial charge in [0.1, 0.15) is 0 Å². The summed E-state index contributed by atoms with van der Waals surface area (Å²) in [5, 5.41) is 0.373. The quantitative estimate of drug-likeness (QED) is 0.661. The Morgan fingerprint density at radius 1 is 1.59 bits per heavy atom. The van der Waals surface area contributed by atoms with Gasteiger partial charge in [0.05, 0.1) is 13.5 Å². The Hall–Kier alpha value is -1.42. The second-order valence-corrected chi connectivity index (χ2v) is 5.26. The lowest BCUT2D eigenvalue weighted by Gasteiger charge is -2.10. The molecule has 2 N–H and O–H groups in total. The first-order chi connectivity index (χ1) is 8.19. The molecule has 90 valence electrons. The fourth-order valence-corrected chi connectivity index (χ4v) is 3.04. The highest BCUT2D eigenvalue weighted by Gasteiger charge is 2.21. The zero-order chi connectivity index (χ0) is 12.3. The van der Waals surface area contributed by atoms with Crippen LogP contribution in [0.1, 0.15) is 23.7 Å². The fraction of sp³-hybridized carbons (Fsp3) is 0.308. The van der Waals surface area contributed by atoms with Crippen LogP contribution < -0.4 is 5.73 Å². The number of ether oxygens (including phenoxy) is 1. The Labute approximate surface area is 105 Å². The topological polar surface area (TPSA) is 52.3 Å². The molecule has 1 aliphatic heterocycles. The predicted octanol–water partition coefficient (Wildman–Crippen LogP) is 2.89. The number of allylic oxidation sites excluding steroid dienone is 1. The van der Waals surface area contributed by atoms with E-state index >= 15 is 0 Å². The van der Waals surface area contributed by atoms with Crippen LogP contribution in [0.15, 0.2) is 35.2 Å². The van der Waals surface area contributed by atoms with Crippen LogP contribution >= 0.6 is 11.8 Å². The first-order valence-electron chi connectivity index (χ1n) is 5.47. The molecular formula is C13H15NO2S. The maximum atomic E-state index is 11.2. The number of nitrogens with two attached hydrogens (primary N) is 1. The molecule has 0 spiro atoms. The number of thioether (sulfide) groups is 1. The number of hydrogen-bond donors (Lipinski definition) is 1. The van der Waals surface area contributed by atoms with Crippen LogP contribution in [0.2, 0.25) is 0 Å². The molecule has 4 heteroatoms. The highest BCUT2D eigenvalue weighted by Crippen LogP contribution is 2.45. The molecule has 1 aromatic rings. The molecule has 0 saturated heterocycles. The van der Waals surface area contributed by atoms with Crippen molar-refractivity contribution in [1.29, 1.82) is 0 Å². The Kier molecular flexibility index (Phi) is 3.74. The minimum Gasteiger partial charge on any atom is -0.469 e. The van der Waals surface area contributed by atoms with Crippen LogP contribution in [-0.2, 0) is 9.53 Å². The SMILES string of the molecule is COC(=O)CC1=CCC(c2cccc(N)c2)S1. The average Bonchev–Trinajstić information content (AvgIpc) is 2.77. The maximum Gasteiger partial charge on any atom is 0.310 e. The molecule has 1 aliphatic rings. The van der Waals surface area contributed by atoms with Crippen LogP contribution in [0.5, 0.6) is 0 Å². The number of carbonyl (C=O) groups is 1. The third-order valence-corrected chi connectivity index (χ3v) is 4.04. The van der Waals surface area contributed by atoms with Crippen molar-refractivity contribution in [1.82, 2.24) is 0 Å². The monoisotopic (exact) mass is 249 g/mol. The summed E-state index contributed by atoms with van der Waals surface area (Å²) in [6, 6.07) is 7.91. The predicted molar refractivity (Wildman–Crippen MR) is 70.5 cm³/mol. The molecule has 0 amide bonds. The van der Waals surface area contributed by atoms with Gasteiger partial charge in [-0.15, -0.1) is 11.8 Å². The number of nitrogen functional groups attached to an aromatic ring is 1. The van der Waals surface area contributed by atoms with E-state index < -0.39 is 0 Å².